The largest absolute Gasteiger partial charge is 0.497 e. The van der Waals surface area contributed by atoms with Crippen molar-refractivity contribution in [2.24, 2.45) is 0 Å². The van der Waals surface area contributed by atoms with Crippen LogP contribution in [-0.4, -0.2) is 43.2 Å². The molecule has 2 atom stereocenters. The summed E-state index contributed by atoms with van der Waals surface area (Å²) in [4.78, 5) is 36.6. The van der Waals surface area contributed by atoms with Crippen LogP contribution in [0.5, 0.6) is 5.75 Å². The van der Waals surface area contributed by atoms with Gasteiger partial charge in [0.2, 0.25) is 0 Å². The molecule has 28 heavy (non-hydrogen) atoms. The maximum Gasteiger partial charge on any atom is 0.333 e. The van der Waals surface area contributed by atoms with Gasteiger partial charge in [-0.1, -0.05) is 36.9 Å². The van der Waals surface area contributed by atoms with E-state index in [-0.39, 0.29) is 5.57 Å². The minimum atomic E-state index is -1.44. The molecular weight excluding hydrogens is 362 g/mol. The second kappa shape index (κ2) is 9.36. The topological polar surface area (TPSA) is 102 Å². The number of esters is 1. The predicted molar refractivity (Wildman–Crippen MR) is 102 cm³/mol. The molecule has 0 unspecified atom stereocenters. The van der Waals surface area contributed by atoms with Gasteiger partial charge in [0, 0.05) is 17.1 Å². The van der Waals surface area contributed by atoms with E-state index in [1.807, 2.05) is 0 Å². The van der Waals surface area contributed by atoms with Crippen molar-refractivity contribution in [1.29, 1.82) is 0 Å². The quantitative estimate of drug-likeness (QED) is 0.536. The molecule has 0 radical (unpaired) electrons. The van der Waals surface area contributed by atoms with E-state index >= 15 is 0 Å². The van der Waals surface area contributed by atoms with Crippen molar-refractivity contribution in [2.75, 3.05) is 14.2 Å². The maximum atomic E-state index is 12.5. The Balaban J connectivity index is 2.43. The molecule has 2 N–H and O–H groups in total. The highest BCUT2D eigenvalue weighted by molar-refractivity contribution is 5.98. The zero-order valence-corrected chi connectivity index (χ0v) is 15.5. The van der Waals surface area contributed by atoms with Crippen LogP contribution >= 0.6 is 0 Å². The second-order valence-electron chi connectivity index (χ2n) is 5.92. The molecule has 0 aromatic heterocycles. The van der Waals surface area contributed by atoms with Crippen molar-refractivity contribution in [3.05, 3.63) is 77.9 Å². The van der Waals surface area contributed by atoms with Gasteiger partial charge in [-0.15, -0.1) is 0 Å². The Hall–Kier alpha value is -3.61. The second-order valence-corrected chi connectivity index (χ2v) is 5.92. The van der Waals surface area contributed by atoms with Crippen molar-refractivity contribution in [3.63, 3.8) is 0 Å². The van der Waals surface area contributed by atoms with Crippen LogP contribution in [-0.2, 0) is 14.3 Å². The number of hydrogen-bond acceptors (Lipinski definition) is 5. The first kappa shape index (κ1) is 20.7. The van der Waals surface area contributed by atoms with E-state index in [1.165, 1.54) is 14.2 Å². The normalized spacial score (nSPS) is 12.4. The summed E-state index contributed by atoms with van der Waals surface area (Å²) < 4.78 is 9.82. The summed E-state index contributed by atoms with van der Waals surface area (Å²) >= 11 is 0. The van der Waals surface area contributed by atoms with E-state index in [2.05, 4.69) is 11.9 Å². The van der Waals surface area contributed by atoms with Crippen LogP contribution in [0.4, 0.5) is 0 Å². The van der Waals surface area contributed by atoms with Crippen LogP contribution in [0.3, 0.4) is 0 Å². The van der Waals surface area contributed by atoms with Gasteiger partial charge < -0.3 is 19.9 Å². The smallest absolute Gasteiger partial charge is 0.333 e. The lowest BCUT2D eigenvalue weighted by Gasteiger charge is -2.26. The lowest BCUT2D eigenvalue weighted by atomic mass is 9.85. The van der Waals surface area contributed by atoms with Crippen molar-refractivity contribution in [1.82, 2.24) is 5.32 Å². The zero-order valence-electron chi connectivity index (χ0n) is 15.5. The number of hydrogen-bond donors (Lipinski definition) is 2. The van der Waals surface area contributed by atoms with E-state index in [0.717, 1.165) is 0 Å². The number of nitrogens with one attached hydrogen (secondary N) is 1. The van der Waals surface area contributed by atoms with Crippen molar-refractivity contribution < 1.29 is 29.0 Å². The third-order valence-corrected chi connectivity index (χ3v) is 4.22. The number of methoxy groups -OCH3 is 2. The third-order valence-electron chi connectivity index (χ3n) is 4.22. The summed E-state index contributed by atoms with van der Waals surface area (Å²) in [5.41, 5.74) is 0.677. The molecule has 7 nitrogen and oxygen atoms in total. The van der Waals surface area contributed by atoms with Gasteiger partial charge in [0.15, 0.2) is 0 Å². The Labute approximate surface area is 162 Å². The number of carboxylic acids is 1. The standard InChI is InChI=1S/C21H21NO6/c1-13(21(26)28-3)17(14-9-11-16(27-2)12-10-14)18(20(24)25)22-19(23)15-7-5-4-6-8-15/h4-12,17-18H,1H2,2-3H3,(H,22,23)(H,24,25)/t17-,18-/m1/s1. The summed E-state index contributed by atoms with van der Waals surface area (Å²) in [6, 6.07) is 13.2. The molecule has 2 rings (SSSR count). The van der Waals surface area contributed by atoms with Crippen LogP contribution in [0, 0.1) is 0 Å². The zero-order chi connectivity index (χ0) is 20.7. The summed E-state index contributed by atoms with van der Waals surface area (Å²) in [6.45, 7) is 3.71. The summed E-state index contributed by atoms with van der Waals surface area (Å²) in [6.07, 6.45) is 0. The van der Waals surface area contributed by atoms with E-state index in [4.69, 9.17) is 9.47 Å². The molecule has 2 aromatic carbocycles. The van der Waals surface area contributed by atoms with E-state index in [0.29, 0.717) is 16.9 Å². The fraction of sp³-hybridized carbons (Fsp3) is 0.190. The Morgan fingerprint density at radius 3 is 2.11 bits per heavy atom. The highest BCUT2D eigenvalue weighted by Gasteiger charge is 2.36. The van der Waals surface area contributed by atoms with Crippen LogP contribution in [0.1, 0.15) is 21.8 Å². The third kappa shape index (κ3) is 4.76. The van der Waals surface area contributed by atoms with Crippen LogP contribution < -0.4 is 10.1 Å². The van der Waals surface area contributed by atoms with Gasteiger partial charge in [-0.2, -0.15) is 0 Å². The SMILES string of the molecule is C=C(C(=O)OC)[C@H](c1ccc(OC)cc1)[C@@H](NC(=O)c1ccccc1)C(=O)O. The average molecular weight is 383 g/mol. The van der Waals surface area contributed by atoms with Gasteiger partial charge in [-0.3, -0.25) is 4.79 Å². The monoisotopic (exact) mass is 383 g/mol. The van der Waals surface area contributed by atoms with Gasteiger partial charge in [0.25, 0.3) is 5.91 Å². The summed E-state index contributed by atoms with van der Waals surface area (Å²) in [5, 5.41) is 12.3. The van der Waals surface area contributed by atoms with E-state index in [9.17, 15) is 19.5 Å². The van der Waals surface area contributed by atoms with E-state index in [1.54, 1.807) is 54.6 Å². The number of carboxylic acid groups (broad SMARTS) is 1. The maximum absolute atomic E-state index is 12.5. The molecule has 0 bridgehead atoms. The first-order chi connectivity index (χ1) is 13.4. The fourth-order valence-corrected chi connectivity index (χ4v) is 2.77. The number of carbonyl (C=O) groups is 3. The minimum absolute atomic E-state index is 0.0894. The molecule has 0 saturated heterocycles. The Bertz CT molecular complexity index is 860. The number of benzene rings is 2. The minimum Gasteiger partial charge on any atom is -0.497 e. The Kier molecular flexibility index (Phi) is 6.92. The van der Waals surface area contributed by atoms with Crippen LogP contribution in [0.25, 0.3) is 0 Å². The number of ether oxygens (including phenoxy) is 2. The number of rotatable bonds is 8. The molecule has 0 aliphatic rings. The van der Waals surface area contributed by atoms with Crippen LogP contribution in [0.15, 0.2) is 66.7 Å². The molecule has 0 aliphatic carbocycles. The Morgan fingerprint density at radius 2 is 1.61 bits per heavy atom. The molecule has 7 heteroatoms. The molecule has 0 heterocycles. The Morgan fingerprint density at radius 1 is 1.00 bits per heavy atom. The first-order valence-corrected chi connectivity index (χ1v) is 8.38. The van der Waals surface area contributed by atoms with Gasteiger partial charge in [-0.25, -0.2) is 9.59 Å². The first-order valence-electron chi connectivity index (χ1n) is 8.38. The summed E-state index contributed by atoms with van der Waals surface area (Å²) in [7, 11) is 2.68. The number of aliphatic carboxylic acids is 1. The molecule has 0 fully saturated rings. The fourth-order valence-electron chi connectivity index (χ4n) is 2.77. The highest BCUT2D eigenvalue weighted by Crippen LogP contribution is 2.30. The lowest BCUT2D eigenvalue weighted by Crippen LogP contribution is -2.46. The molecule has 1 amide bonds. The van der Waals surface area contributed by atoms with Crippen molar-refractivity contribution in [3.8, 4) is 5.75 Å². The number of amides is 1. The molecule has 0 saturated carbocycles. The predicted octanol–water partition coefficient (Wildman–Crippen LogP) is 2.39. The highest BCUT2D eigenvalue weighted by atomic mass is 16.5. The van der Waals surface area contributed by atoms with E-state index < -0.39 is 29.8 Å². The average Bonchev–Trinajstić information content (AvgIpc) is 2.73. The van der Waals surface area contributed by atoms with Crippen LogP contribution in [0.2, 0.25) is 0 Å². The summed E-state index contributed by atoms with van der Waals surface area (Å²) in [5.74, 6) is -3.13. The lowest BCUT2D eigenvalue weighted by molar-refractivity contribution is -0.140. The molecule has 0 spiro atoms. The van der Waals surface area contributed by atoms with Gasteiger partial charge >= 0.3 is 11.9 Å². The van der Waals surface area contributed by atoms with Gasteiger partial charge in [-0.05, 0) is 29.8 Å². The molecule has 2 aromatic rings. The number of carbonyl (C=O) groups excluding carboxylic acids is 2. The molecule has 0 aliphatic heterocycles. The van der Waals surface area contributed by atoms with Gasteiger partial charge in [0.05, 0.1) is 14.2 Å². The van der Waals surface area contributed by atoms with Crippen molar-refractivity contribution >= 4 is 17.8 Å². The molecular formula is C21H21NO6. The van der Waals surface area contributed by atoms with Crippen molar-refractivity contribution in [2.45, 2.75) is 12.0 Å². The molecule has 146 valence electrons. The van der Waals surface area contributed by atoms with Gasteiger partial charge in [0.1, 0.15) is 11.8 Å².